The van der Waals surface area contributed by atoms with E-state index in [4.69, 9.17) is 0 Å². The molecule has 1 rings (SSSR count). The van der Waals surface area contributed by atoms with Gasteiger partial charge in [-0.15, -0.1) is 0 Å². The van der Waals surface area contributed by atoms with Crippen LogP contribution in [-0.4, -0.2) is 10.8 Å². The summed E-state index contributed by atoms with van der Waals surface area (Å²) < 4.78 is 13.4. The summed E-state index contributed by atoms with van der Waals surface area (Å²) in [6.07, 6.45) is 0. The molecule has 0 aliphatic carbocycles. The second kappa shape index (κ2) is 4.35. The molecule has 0 aliphatic rings. The molecule has 0 heterocycles. The van der Waals surface area contributed by atoms with Crippen LogP contribution in [0.25, 0.3) is 0 Å². The Kier molecular flexibility index (Phi) is 3.35. The zero-order valence-corrected chi connectivity index (χ0v) is 9.17. The first-order valence-corrected chi connectivity index (χ1v) is 4.62. The lowest BCUT2D eigenvalue weighted by atomic mass is 10.2. The normalized spacial score (nSPS) is 9.80. The van der Waals surface area contributed by atoms with Gasteiger partial charge in [-0.3, -0.25) is 14.9 Å². The Hall–Kier alpha value is -1.50. The predicted octanol–water partition coefficient (Wildman–Crippen LogP) is 2.45. The summed E-state index contributed by atoms with van der Waals surface area (Å²) in [6, 6.07) is 1.89. The van der Waals surface area contributed by atoms with Crippen molar-refractivity contribution in [1.29, 1.82) is 0 Å². The first-order chi connectivity index (χ1) is 6.91. The van der Waals surface area contributed by atoms with Gasteiger partial charge in [-0.2, -0.15) is 4.39 Å². The number of nitro benzene ring substituents is 1. The van der Waals surface area contributed by atoms with Crippen LogP contribution in [0.15, 0.2) is 16.6 Å². The zero-order valence-electron chi connectivity index (χ0n) is 7.58. The molecule has 1 aromatic carbocycles. The van der Waals surface area contributed by atoms with Gasteiger partial charge in [0.2, 0.25) is 11.7 Å². The molecule has 0 unspecified atom stereocenters. The van der Waals surface area contributed by atoms with Gasteiger partial charge in [0.15, 0.2) is 0 Å². The third-order valence-corrected chi connectivity index (χ3v) is 2.20. The average Bonchev–Trinajstić information content (AvgIpc) is 2.09. The minimum Gasteiger partial charge on any atom is -0.325 e. The van der Waals surface area contributed by atoms with Gasteiger partial charge in [0.25, 0.3) is 0 Å². The molecule has 0 aliphatic heterocycles. The molecule has 1 aromatic rings. The van der Waals surface area contributed by atoms with Gasteiger partial charge in [0.05, 0.1) is 10.6 Å². The molecule has 1 amide bonds. The molecule has 80 valence electrons. The van der Waals surface area contributed by atoms with E-state index in [9.17, 15) is 19.3 Å². The van der Waals surface area contributed by atoms with Crippen molar-refractivity contribution in [1.82, 2.24) is 0 Å². The first-order valence-electron chi connectivity index (χ1n) is 3.83. The highest BCUT2D eigenvalue weighted by Crippen LogP contribution is 2.29. The van der Waals surface area contributed by atoms with E-state index in [1.807, 2.05) is 0 Å². The molecule has 0 saturated heterocycles. The van der Waals surface area contributed by atoms with Gasteiger partial charge in [-0.05, 0) is 15.9 Å². The highest BCUT2D eigenvalue weighted by molar-refractivity contribution is 9.10. The van der Waals surface area contributed by atoms with Crippen molar-refractivity contribution in [2.75, 3.05) is 5.32 Å². The van der Waals surface area contributed by atoms with Crippen LogP contribution in [0, 0.1) is 15.9 Å². The van der Waals surface area contributed by atoms with E-state index < -0.39 is 16.4 Å². The summed E-state index contributed by atoms with van der Waals surface area (Å²) in [6.45, 7) is 1.26. The van der Waals surface area contributed by atoms with Gasteiger partial charge in [0, 0.05) is 23.5 Å². The van der Waals surface area contributed by atoms with Crippen molar-refractivity contribution in [3.8, 4) is 0 Å². The highest BCUT2D eigenvalue weighted by atomic mass is 79.9. The minimum atomic E-state index is -0.994. The lowest BCUT2D eigenvalue weighted by molar-refractivity contribution is -0.387. The number of halogens is 2. The van der Waals surface area contributed by atoms with Crippen LogP contribution in [0.2, 0.25) is 0 Å². The third kappa shape index (κ3) is 2.72. The van der Waals surface area contributed by atoms with E-state index >= 15 is 0 Å². The Balaban J connectivity index is 3.19. The molecule has 7 heteroatoms. The fraction of sp³-hybridized carbons (Fsp3) is 0.125. The molecular formula is C8H6BrFN2O3. The van der Waals surface area contributed by atoms with Crippen LogP contribution in [0.3, 0.4) is 0 Å². The van der Waals surface area contributed by atoms with E-state index in [0.29, 0.717) is 0 Å². The standard InChI is InChI=1S/C8H6BrFN2O3/c1-4(13)11-7-3-6(10)8(12(14)15)2-5(7)9/h2-3H,1H3,(H,11,13). The van der Waals surface area contributed by atoms with Gasteiger partial charge < -0.3 is 5.32 Å². The van der Waals surface area contributed by atoms with Crippen LogP contribution in [0.1, 0.15) is 6.92 Å². The van der Waals surface area contributed by atoms with Gasteiger partial charge in [0.1, 0.15) is 0 Å². The van der Waals surface area contributed by atoms with Crippen LogP contribution in [0.4, 0.5) is 15.8 Å². The number of nitro groups is 1. The quantitative estimate of drug-likeness (QED) is 0.666. The number of carbonyl (C=O) groups excluding carboxylic acids is 1. The van der Waals surface area contributed by atoms with Crippen molar-refractivity contribution in [2.45, 2.75) is 6.92 Å². The molecule has 0 radical (unpaired) electrons. The number of carbonyl (C=O) groups is 1. The Morgan fingerprint density at radius 2 is 2.20 bits per heavy atom. The highest BCUT2D eigenvalue weighted by Gasteiger charge is 2.17. The van der Waals surface area contributed by atoms with E-state index in [2.05, 4.69) is 21.2 Å². The molecule has 0 spiro atoms. The summed E-state index contributed by atoms with van der Waals surface area (Å²) in [5.74, 6) is -1.38. The Bertz CT molecular complexity index is 436. The summed E-state index contributed by atoms with van der Waals surface area (Å²) in [7, 11) is 0. The average molecular weight is 277 g/mol. The predicted molar refractivity (Wildman–Crippen MR) is 55.1 cm³/mol. The summed E-state index contributed by atoms with van der Waals surface area (Å²) in [4.78, 5) is 20.2. The van der Waals surface area contributed by atoms with Crippen molar-refractivity contribution >= 4 is 33.2 Å². The molecule has 5 nitrogen and oxygen atoms in total. The monoisotopic (exact) mass is 276 g/mol. The van der Waals surface area contributed by atoms with E-state index in [0.717, 1.165) is 12.1 Å². The maximum atomic E-state index is 13.1. The lowest BCUT2D eigenvalue weighted by Crippen LogP contribution is -2.07. The third-order valence-electron chi connectivity index (χ3n) is 1.54. The SMILES string of the molecule is CC(=O)Nc1cc(F)c([N+](=O)[O-])cc1Br. The topological polar surface area (TPSA) is 72.2 Å². The fourth-order valence-corrected chi connectivity index (χ4v) is 1.39. The van der Waals surface area contributed by atoms with Crippen LogP contribution in [-0.2, 0) is 4.79 Å². The number of benzene rings is 1. The van der Waals surface area contributed by atoms with Crippen molar-refractivity contribution in [3.63, 3.8) is 0 Å². The maximum Gasteiger partial charge on any atom is 0.306 e. The second-order valence-corrected chi connectivity index (χ2v) is 3.58. The van der Waals surface area contributed by atoms with Crippen molar-refractivity contribution in [3.05, 3.63) is 32.5 Å². The molecule has 0 fully saturated rings. The molecule has 0 aromatic heterocycles. The molecule has 0 atom stereocenters. The molecule has 1 N–H and O–H groups in total. The summed E-state index contributed by atoms with van der Waals surface area (Å²) >= 11 is 2.99. The minimum absolute atomic E-state index is 0.158. The fourth-order valence-electron chi connectivity index (χ4n) is 0.962. The van der Waals surface area contributed by atoms with E-state index in [1.54, 1.807) is 0 Å². The van der Waals surface area contributed by atoms with Gasteiger partial charge in [-0.25, -0.2) is 0 Å². The molecular weight excluding hydrogens is 271 g/mol. The van der Waals surface area contributed by atoms with Crippen molar-refractivity contribution in [2.24, 2.45) is 0 Å². The number of amides is 1. The van der Waals surface area contributed by atoms with Gasteiger partial charge >= 0.3 is 5.69 Å². The summed E-state index contributed by atoms with van der Waals surface area (Å²) in [5.41, 5.74) is -0.485. The van der Waals surface area contributed by atoms with Crippen LogP contribution >= 0.6 is 15.9 Å². The number of nitrogens with zero attached hydrogens (tertiary/aromatic N) is 1. The Morgan fingerprint density at radius 3 is 2.67 bits per heavy atom. The smallest absolute Gasteiger partial charge is 0.306 e. The summed E-state index contributed by atoms with van der Waals surface area (Å²) in [5, 5.41) is 12.7. The van der Waals surface area contributed by atoms with Gasteiger partial charge in [-0.1, -0.05) is 0 Å². The number of rotatable bonds is 2. The molecule has 0 saturated carbocycles. The zero-order chi connectivity index (χ0) is 11.6. The largest absolute Gasteiger partial charge is 0.325 e. The van der Waals surface area contributed by atoms with E-state index in [1.165, 1.54) is 6.92 Å². The van der Waals surface area contributed by atoms with E-state index in [-0.39, 0.29) is 16.1 Å². The number of hydrogen-bond acceptors (Lipinski definition) is 3. The number of anilines is 1. The Morgan fingerprint density at radius 1 is 1.60 bits per heavy atom. The van der Waals surface area contributed by atoms with Crippen LogP contribution in [0.5, 0.6) is 0 Å². The van der Waals surface area contributed by atoms with Crippen molar-refractivity contribution < 1.29 is 14.1 Å². The maximum absolute atomic E-state index is 13.1. The molecule has 0 bridgehead atoms. The first kappa shape index (κ1) is 11.6. The lowest BCUT2D eigenvalue weighted by Gasteiger charge is -2.04. The Labute approximate surface area is 92.6 Å². The molecule has 15 heavy (non-hydrogen) atoms. The number of nitrogens with one attached hydrogen (secondary N) is 1. The van der Waals surface area contributed by atoms with Crippen LogP contribution < -0.4 is 5.32 Å². The second-order valence-electron chi connectivity index (χ2n) is 2.72. The number of hydrogen-bond donors (Lipinski definition) is 1.